The number of hydrogen-bond donors (Lipinski definition) is 3. The second-order valence-electron chi connectivity index (χ2n) is 5.79. The molecule has 0 saturated heterocycles. The van der Waals surface area contributed by atoms with Gasteiger partial charge in [0.1, 0.15) is 11.5 Å². The van der Waals surface area contributed by atoms with Crippen molar-refractivity contribution in [2.24, 2.45) is 10.9 Å². The van der Waals surface area contributed by atoms with Gasteiger partial charge < -0.3 is 20.2 Å². The average molecular weight is 293 g/mol. The maximum atomic E-state index is 9.87. The molecular formula is C16H27N3O2. The van der Waals surface area contributed by atoms with Gasteiger partial charge in [-0.3, -0.25) is 4.99 Å². The van der Waals surface area contributed by atoms with Crippen molar-refractivity contribution < 1.29 is 9.52 Å². The second-order valence-corrected chi connectivity index (χ2v) is 5.79. The van der Waals surface area contributed by atoms with Gasteiger partial charge in [0.15, 0.2) is 5.96 Å². The Kier molecular flexibility index (Phi) is 5.67. The summed E-state index contributed by atoms with van der Waals surface area (Å²) in [6.45, 7) is 7.51. The summed E-state index contributed by atoms with van der Waals surface area (Å²) in [6.07, 6.45) is 2.89. The highest BCUT2D eigenvalue weighted by Crippen LogP contribution is 2.25. The minimum Gasteiger partial charge on any atom is -0.464 e. The lowest BCUT2D eigenvalue weighted by Crippen LogP contribution is -2.39. The van der Waals surface area contributed by atoms with Crippen LogP contribution in [0.5, 0.6) is 0 Å². The van der Waals surface area contributed by atoms with Gasteiger partial charge >= 0.3 is 0 Å². The minimum absolute atomic E-state index is 0.0602. The van der Waals surface area contributed by atoms with Crippen LogP contribution < -0.4 is 10.6 Å². The van der Waals surface area contributed by atoms with E-state index in [1.165, 1.54) is 0 Å². The quantitative estimate of drug-likeness (QED) is 0.576. The van der Waals surface area contributed by atoms with Crippen LogP contribution in [0.4, 0.5) is 0 Å². The van der Waals surface area contributed by atoms with Crippen LogP contribution in [0, 0.1) is 12.8 Å². The summed E-state index contributed by atoms with van der Waals surface area (Å²) in [5.41, 5.74) is 0. The van der Waals surface area contributed by atoms with E-state index in [0.717, 1.165) is 43.3 Å². The Morgan fingerprint density at radius 1 is 1.48 bits per heavy atom. The SMILES string of the molecule is CCNC(=NCC1CCCC1O)NC(C)c1ccc(C)o1. The average Bonchev–Trinajstić information content (AvgIpc) is 3.05. The highest BCUT2D eigenvalue weighted by atomic mass is 16.3. The number of aliphatic hydroxyl groups is 1. The molecule has 1 aliphatic rings. The van der Waals surface area contributed by atoms with Gasteiger partial charge in [-0.1, -0.05) is 6.42 Å². The van der Waals surface area contributed by atoms with Gasteiger partial charge in [0.25, 0.3) is 0 Å². The lowest BCUT2D eigenvalue weighted by Gasteiger charge is -2.18. The zero-order chi connectivity index (χ0) is 15.2. The molecule has 2 rings (SSSR count). The van der Waals surface area contributed by atoms with E-state index in [9.17, 15) is 5.11 Å². The van der Waals surface area contributed by atoms with E-state index in [4.69, 9.17) is 4.42 Å². The fourth-order valence-electron chi connectivity index (χ4n) is 2.72. The first-order chi connectivity index (χ1) is 10.1. The van der Waals surface area contributed by atoms with Crippen molar-refractivity contribution in [2.75, 3.05) is 13.1 Å². The molecule has 1 aromatic heterocycles. The summed E-state index contributed by atoms with van der Waals surface area (Å²) >= 11 is 0. The van der Waals surface area contributed by atoms with Gasteiger partial charge in [-0.2, -0.15) is 0 Å². The van der Waals surface area contributed by atoms with Gasteiger partial charge in [-0.05, 0) is 45.7 Å². The molecule has 3 unspecified atom stereocenters. The van der Waals surface area contributed by atoms with Crippen LogP contribution in [0.3, 0.4) is 0 Å². The van der Waals surface area contributed by atoms with E-state index in [0.29, 0.717) is 12.5 Å². The number of nitrogens with zero attached hydrogens (tertiary/aromatic N) is 1. The lowest BCUT2D eigenvalue weighted by molar-refractivity contribution is 0.136. The third-order valence-electron chi connectivity index (χ3n) is 3.99. The van der Waals surface area contributed by atoms with Crippen molar-refractivity contribution in [2.45, 2.75) is 52.2 Å². The van der Waals surface area contributed by atoms with Gasteiger partial charge in [0.2, 0.25) is 0 Å². The first-order valence-corrected chi connectivity index (χ1v) is 7.89. The van der Waals surface area contributed by atoms with E-state index in [-0.39, 0.29) is 12.1 Å². The first-order valence-electron chi connectivity index (χ1n) is 7.89. The molecule has 5 heteroatoms. The molecule has 1 saturated carbocycles. The molecule has 0 aliphatic heterocycles. The van der Waals surface area contributed by atoms with Crippen LogP contribution in [0.2, 0.25) is 0 Å². The minimum atomic E-state index is -0.193. The van der Waals surface area contributed by atoms with Crippen molar-refractivity contribution >= 4 is 5.96 Å². The summed E-state index contributed by atoms with van der Waals surface area (Å²) in [5, 5.41) is 16.5. The van der Waals surface area contributed by atoms with E-state index in [1.54, 1.807) is 0 Å². The molecule has 5 nitrogen and oxygen atoms in total. The van der Waals surface area contributed by atoms with Crippen molar-refractivity contribution in [3.63, 3.8) is 0 Å². The highest BCUT2D eigenvalue weighted by Gasteiger charge is 2.24. The molecule has 0 amide bonds. The Morgan fingerprint density at radius 2 is 2.29 bits per heavy atom. The Labute approximate surface area is 126 Å². The molecular weight excluding hydrogens is 266 g/mol. The predicted octanol–water partition coefficient (Wildman–Crippen LogP) is 2.37. The Balaban J connectivity index is 1.94. The topological polar surface area (TPSA) is 69.8 Å². The number of furan rings is 1. The smallest absolute Gasteiger partial charge is 0.191 e. The molecule has 1 fully saturated rings. The van der Waals surface area contributed by atoms with E-state index in [1.807, 2.05) is 26.0 Å². The van der Waals surface area contributed by atoms with Gasteiger partial charge in [0.05, 0.1) is 12.1 Å². The molecule has 21 heavy (non-hydrogen) atoms. The zero-order valence-electron chi connectivity index (χ0n) is 13.2. The molecule has 1 aliphatic carbocycles. The summed E-state index contributed by atoms with van der Waals surface area (Å²) in [5.74, 6) is 2.88. The molecule has 0 bridgehead atoms. The lowest BCUT2D eigenvalue weighted by atomic mass is 10.1. The van der Waals surface area contributed by atoms with Crippen molar-refractivity contribution in [1.82, 2.24) is 10.6 Å². The van der Waals surface area contributed by atoms with E-state index in [2.05, 4.69) is 22.5 Å². The van der Waals surface area contributed by atoms with Crippen LogP contribution in [0.1, 0.15) is 50.7 Å². The molecule has 3 N–H and O–H groups in total. The first kappa shape index (κ1) is 15.9. The number of guanidine groups is 1. The normalized spacial score (nSPS) is 24.1. The van der Waals surface area contributed by atoms with E-state index >= 15 is 0 Å². The van der Waals surface area contributed by atoms with Crippen LogP contribution in [-0.4, -0.2) is 30.3 Å². The Morgan fingerprint density at radius 3 is 2.86 bits per heavy atom. The zero-order valence-corrected chi connectivity index (χ0v) is 13.2. The van der Waals surface area contributed by atoms with Crippen LogP contribution in [0.25, 0.3) is 0 Å². The van der Waals surface area contributed by atoms with E-state index < -0.39 is 0 Å². The maximum Gasteiger partial charge on any atom is 0.191 e. The maximum absolute atomic E-state index is 9.87. The van der Waals surface area contributed by atoms with Gasteiger partial charge in [0, 0.05) is 19.0 Å². The molecule has 3 atom stereocenters. The van der Waals surface area contributed by atoms with Crippen LogP contribution >= 0.6 is 0 Å². The summed E-state index contributed by atoms with van der Waals surface area (Å²) in [6, 6.07) is 4.01. The van der Waals surface area contributed by atoms with Crippen molar-refractivity contribution in [3.8, 4) is 0 Å². The third-order valence-corrected chi connectivity index (χ3v) is 3.99. The highest BCUT2D eigenvalue weighted by molar-refractivity contribution is 5.80. The summed E-state index contributed by atoms with van der Waals surface area (Å²) in [4.78, 5) is 4.61. The molecule has 1 heterocycles. The van der Waals surface area contributed by atoms with Gasteiger partial charge in [-0.25, -0.2) is 0 Å². The number of hydrogen-bond acceptors (Lipinski definition) is 3. The fourth-order valence-corrected chi connectivity index (χ4v) is 2.72. The largest absolute Gasteiger partial charge is 0.464 e. The number of rotatable bonds is 5. The van der Waals surface area contributed by atoms with Crippen LogP contribution in [-0.2, 0) is 0 Å². The third kappa shape index (κ3) is 4.49. The Hall–Kier alpha value is -1.49. The Bertz CT molecular complexity index is 470. The van der Waals surface area contributed by atoms with Crippen molar-refractivity contribution in [1.29, 1.82) is 0 Å². The summed E-state index contributed by atoms with van der Waals surface area (Å²) in [7, 11) is 0. The van der Waals surface area contributed by atoms with Gasteiger partial charge in [-0.15, -0.1) is 0 Å². The fraction of sp³-hybridized carbons (Fsp3) is 0.688. The molecule has 0 radical (unpaired) electrons. The number of nitrogens with one attached hydrogen (secondary N) is 2. The number of aliphatic imine (C=N–C) groups is 1. The molecule has 0 spiro atoms. The monoisotopic (exact) mass is 293 g/mol. The second kappa shape index (κ2) is 7.50. The molecule has 1 aromatic rings. The molecule has 0 aromatic carbocycles. The standard InChI is InChI=1S/C16H27N3O2/c1-4-17-16(18-10-13-6-5-7-14(13)20)19-12(3)15-9-8-11(2)21-15/h8-9,12-14,20H,4-7,10H2,1-3H3,(H2,17,18,19). The number of aliphatic hydroxyl groups excluding tert-OH is 1. The predicted molar refractivity (Wildman–Crippen MR) is 84.3 cm³/mol. The summed E-state index contributed by atoms with van der Waals surface area (Å²) < 4.78 is 5.63. The number of aryl methyl sites for hydroxylation is 1. The van der Waals surface area contributed by atoms with Crippen LogP contribution in [0.15, 0.2) is 21.5 Å². The van der Waals surface area contributed by atoms with Crippen molar-refractivity contribution in [3.05, 3.63) is 23.7 Å². The molecule has 118 valence electrons.